The van der Waals surface area contributed by atoms with Crippen molar-refractivity contribution < 1.29 is 18.0 Å². The van der Waals surface area contributed by atoms with E-state index in [0.29, 0.717) is 16.4 Å². The van der Waals surface area contributed by atoms with Crippen molar-refractivity contribution in [2.24, 2.45) is 0 Å². The topological polar surface area (TPSA) is 45.2 Å². The largest absolute Gasteiger partial charge is 0.406 e. The Hall–Kier alpha value is -1.79. The molecule has 0 aliphatic rings. The Kier molecular flexibility index (Phi) is 4.86. The number of hydrogen-bond donors (Lipinski definition) is 1. The highest BCUT2D eigenvalue weighted by atomic mass is 19.4. The number of nitrogens with one attached hydrogen (secondary N) is 1. The molecule has 1 heterocycles. The molecule has 0 saturated heterocycles. The molecular weight excluding hydrogens is 283 g/mol. The minimum Gasteiger partial charge on any atom is -0.373 e. The summed E-state index contributed by atoms with van der Waals surface area (Å²) in [6, 6.07) is 2.99. The lowest BCUT2D eigenvalue weighted by Crippen LogP contribution is -2.36. The molecule has 0 aromatic carbocycles. The molecule has 1 aromatic rings. The quantitative estimate of drug-likeness (QED) is 0.933. The Morgan fingerprint density at radius 1 is 1.29 bits per heavy atom. The number of amides is 1. The van der Waals surface area contributed by atoms with E-state index in [4.69, 9.17) is 0 Å². The predicted molar refractivity (Wildman–Crippen MR) is 75.5 cm³/mol. The average Bonchev–Trinajstić information content (AvgIpc) is 2.34. The van der Waals surface area contributed by atoms with Gasteiger partial charge in [0.15, 0.2) is 0 Å². The Morgan fingerprint density at radius 3 is 2.29 bits per heavy atom. The summed E-state index contributed by atoms with van der Waals surface area (Å²) in [5, 5.41) is 2.82. The van der Waals surface area contributed by atoms with E-state index in [1.165, 1.54) is 12.1 Å². The molecule has 0 aliphatic heterocycles. The second-order valence-electron chi connectivity index (χ2n) is 5.90. The number of pyridine rings is 1. The lowest BCUT2D eigenvalue weighted by molar-refractivity contribution is -0.138. The SMILES string of the molecule is CNc1cc(C(=O)N(C)CC(F)(F)F)cc(C(C)(C)C)n1. The summed E-state index contributed by atoms with van der Waals surface area (Å²) in [6.45, 7) is 4.47. The first kappa shape index (κ1) is 17.3. The summed E-state index contributed by atoms with van der Waals surface area (Å²) in [4.78, 5) is 17.1. The normalized spacial score (nSPS) is 12.2. The van der Waals surface area contributed by atoms with Crippen molar-refractivity contribution in [3.63, 3.8) is 0 Å². The van der Waals surface area contributed by atoms with Crippen LogP contribution in [0.5, 0.6) is 0 Å². The fourth-order valence-corrected chi connectivity index (χ4v) is 1.73. The molecule has 7 heteroatoms. The maximum Gasteiger partial charge on any atom is 0.406 e. The van der Waals surface area contributed by atoms with E-state index >= 15 is 0 Å². The van der Waals surface area contributed by atoms with Crippen LogP contribution >= 0.6 is 0 Å². The number of rotatable bonds is 3. The van der Waals surface area contributed by atoms with E-state index in [0.717, 1.165) is 7.05 Å². The van der Waals surface area contributed by atoms with Crippen molar-refractivity contribution in [3.05, 3.63) is 23.4 Å². The molecule has 0 aliphatic carbocycles. The van der Waals surface area contributed by atoms with Crippen molar-refractivity contribution in [2.45, 2.75) is 32.4 Å². The van der Waals surface area contributed by atoms with Crippen LogP contribution in [0.15, 0.2) is 12.1 Å². The van der Waals surface area contributed by atoms with Crippen molar-refractivity contribution >= 4 is 11.7 Å². The molecular formula is C14H20F3N3O. The van der Waals surface area contributed by atoms with Gasteiger partial charge in [-0.25, -0.2) is 4.98 Å². The second-order valence-corrected chi connectivity index (χ2v) is 5.90. The maximum atomic E-state index is 12.4. The van der Waals surface area contributed by atoms with Crippen molar-refractivity contribution in [2.75, 3.05) is 26.0 Å². The van der Waals surface area contributed by atoms with Gasteiger partial charge in [-0.1, -0.05) is 20.8 Å². The summed E-state index contributed by atoms with van der Waals surface area (Å²) in [5.74, 6) is -0.233. The van der Waals surface area contributed by atoms with Crippen molar-refractivity contribution in [1.82, 2.24) is 9.88 Å². The lowest BCUT2D eigenvalue weighted by atomic mass is 9.90. The highest BCUT2D eigenvalue weighted by Crippen LogP contribution is 2.24. The second kappa shape index (κ2) is 5.91. The number of hydrogen-bond acceptors (Lipinski definition) is 3. The molecule has 0 spiro atoms. The summed E-state index contributed by atoms with van der Waals surface area (Å²) in [5.41, 5.74) is 0.508. The highest BCUT2D eigenvalue weighted by Gasteiger charge is 2.32. The van der Waals surface area contributed by atoms with Crippen LogP contribution in [0.1, 0.15) is 36.8 Å². The van der Waals surface area contributed by atoms with E-state index in [1.807, 2.05) is 20.8 Å². The predicted octanol–water partition coefficient (Wildman–Crippen LogP) is 3.06. The van der Waals surface area contributed by atoms with Gasteiger partial charge in [-0.2, -0.15) is 13.2 Å². The standard InChI is InChI=1S/C14H20F3N3O/c1-13(2,3)10-6-9(7-11(18-4)19-10)12(21)20(5)8-14(15,16)17/h6-7H,8H2,1-5H3,(H,18,19). The van der Waals surface area contributed by atoms with Crippen molar-refractivity contribution in [1.29, 1.82) is 0 Å². The smallest absolute Gasteiger partial charge is 0.373 e. The number of carbonyl (C=O) groups is 1. The summed E-state index contributed by atoms with van der Waals surface area (Å²) >= 11 is 0. The Labute approximate surface area is 122 Å². The first-order chi connectivity index (χ1) is 9.44. The Bertz CT molecular complexity index is 521. The third-order valence-corrected chi connectivity index (χ3v) is 2.86. The van der Waals surface area contributed by atoms with Crippen LogP contribution in [0.2, 0.25) is 0 Å². The molecule has 118 valence electrons. The van der Waals surface area contributed by atoms with Gasteiger partial charge in [0, 0.05) is 30.8 Å². The summed E-state index contributed by atoms with van der Waals surface area (Å²) in [6.07, 6.45) is -4.42. The Balaban J connectivity index is 3.15. The molecule has 1 aromatic heterocycles. The third kappa shape index (κ3) is 4.91. The van der Waals surface area contributed by atoms with Gasteiger partial charge < -0.3 is 10.2 Å². The summed E-state index contributed by atoms with van der Waals surface area (Å²) in [7, 11) is 2.77. The van der Waals surface area contributed by atoms with Gasteiger partial charge in [0.1, 0.15) is 12.4 Å². The van der Waals surface area contributed by atoms with Gasteiger partial charge in [0.05, 0.1) is 0 Å². The van der Waals surface area contributed by atoms with Crippen LogP contribution in [-0.2, 0) is 5.41 Å². The van der Waals surface area contributed by atoms with Crippen LogP contribution in [0, 0.1) is 0 Å². The molecule has 0 radical (unpaired) electrons. The molecule has 1 amide bonds. The van der Waals surface area contributed by atoms with E-state index in [2.05, 4.69) is 10.3 Å². The first-order valence-corrected chi connectivity index (χ1v) is 6.46. The van der Waals surface area contributed by atoms with E-state index in [9.17, 15) is 18.0 Å². The maximum absolute atomic E-state index is 12.4. The molecule has 0 atom stereocenters. The fourth-order valence-electron chi connectivity index (χ4n) is 1.73. The van der Waals surface area contributed by atoms with E-state index in [1.54, 1.807) is 7.05 Å². The average molecular weight is 303 g/mol. The fraction of sp³-hybridized carbons (Fsp3) is 0.571. The zero-order chi connectivity index (χ0) is 16.4. The zero-order valence-corrected chi connectivity index (χ0v) is 12.8. The first-order valence-electron chi connectivity index (χ1n) is 6.46. The van der Waals surface area contributed by atoms with Gasteiger partial charge in [0.2, 0.25) is 0 Å². The molecule has 1 N–H and O–H groups in total. The van der Waals surface area contributed by atoms with Gasteiger partial charge in [-0.15, -0.1) is 0 Å². The molecule has 0 unspecified atom stereocenters. The number of anilines is 1. The monoisotopic (exact) mass is 303 g/mol. The summed E-state index contributed by atoms with van der Waals surface area (Å²) < 4.78 is 37.1. The molecule has 21 heavy (non-hydrogen) atoms. The Morgan fingerprint density at radius 2 is 1.86 bits per heavy atom. The van der Waals surface area contributed by atoms with E-state index in [-0.39, 0.29) is 11.0 Å². The third-order valence-electron chi connectivity index (χ3n) is 2.86. The minimum absolute atomic E-state index is 0.186. The van der Waals surface area contributed by atoms with Gasteiger partial charge in [-0.05, 0) is 12.1 Å². The molecule has 0 fully saturated rings. The number of carbonyl (C=O) groups excluding carboxylic acids is 1. The van der Waals surface area contributed by atoms with E-state index < -0.39 is 18.6 Å². The number of alkyl halides is 3. The highest BCUT2D eigenvalue weighted by molar-refractivity contribution is 5.95. The lowest BCUT2D eigenvalue weighted by Gasteiger charge is -2.22. The van der Waals surface area contributed by atoms with Gasteiger partial charge in [0.25, 0.3) is 5.91 Å². The number of aromatic nitrogens is 1. The molecule has 0 saturated carbocycles. The minimum atomic E-state index is -4.42. The molecule has 1 rings (SSSR count). The van der Waals surface area contributed by atoms with Crippen LogP contribution in [0.25, 0.3) is 0 Å². The number of halogens is 3. The van der Waals surface area contributed by atoms with Crippen LogP contribution in [0.3, 0.4) is 0 Å². The van der Waals surface area contributed by atoms with Crippen molar-refractivity contribution in [3.8, 4) is 0 Å². The van der Waals surface area contributed by atoms with Crippen LogP contribution in [-0.4, -0.2) is 42.6 Å². The zero-order valence-electron chi connectivity index (χ0n) is 12.8. The molecule has 0 bridgehead atoms. The molecule has 4 nitrogen and oxygen atoms in total. The van der Waals surface area contributed by atoms with Crippen LogP contribution in [0.4, 0.5) is 19.0 Å². The number of nitrogens with zero attached hydrogens (tertiary/aromatic N) is 2. The van der Waals surface area contributed by atoms with Gasteiger partial charge >= 0.3 is 6.18 Å². The van der Waals surface area contributed by atoms with Gasteiger partial charge in [-0.3, -0.25) is 4.79 Å². The van der Waals surface area contributed by atoms with Crippen LogP contribution < -0.4 is 5.32 Å².